The molecule has 0 bridgehead atoms. The number of nitrogens with zero attached hydrogens (tertiary/aromatic N) is 1. The molecule has 1 aliphatic heterocycles. The van der Waals surface area contributed by atoms with Crippen LogP contribution in [0, 0.1) is 5.95 Å². The van der Waals surface area contributed by atoms with Gasteiger partial charge in [0.15, 0.2) is 5.75 Å². The van der Waals surface area contributed by atoms with Gasteiger partial charge >= 0.3 is 7.12 Å². The monoisotopic (exact) mass is 253 g/mol. The van der Waals surface area contributed by atoms with Crippen molar-refractivity contribution in [2.24, 2.45) is 0 Å². The third kappa shape index (κ3) is 2.10. The summed E-state index contributed by atoms with van der Waals surface area (Å²) in [5, 5.41) is 0. The fraction of sp³-hybridized carbons (Fsp3) is 0.583. The Morgan fingerprint density at radius 3 is 2.17 bits per heavy atom. The van der Waals surface area contributed by atoms with Gasteiger partial charge in [0.1, 0.15) is 0 Å². The maximum absolute atomic E-state index is 13.5. The van der Waals surface area contributed by atoms with Gasteiger partial charge in [-0.1, -0.05) is 0 Å². The topological polar surface area (TPSA) is 40.6 Å². The van der Waals surface area contributed by atoms with Crippen LogP contribution < -0.4 is 10.3 Å². The summed E-state index contributed by atoms with van der Waals surface area (Å²) in [7, 11) is 0.740. The van der Waals surface area contributed by atoms with E-state index in [0.29, 0.717) is 5.59 Å². The molecule has 0 saturated carbocycles. The molecule has 0 aromatic carbocycles. The summed E-state index contributed by atoms with van der Waals surface area (Å²) in [6.45, 7) is 7.75. The third-order valence-corrected chi connectivity index (χ3v) is 3.55. The Bertz CT molecular complexity index is 449. The summed E-state index contributed by atoms with van der Waals surface area (Å²) in [5.74, 6) is -0.556. The van der Waals surface area contributed by atoms with Crippen LogP contribution in [-0.4, -0.2) is 30.4 Å². The molecule has 4 nitrogen and oxygen atoms in total. The molecule has 2 rings (SSSR count). The Morgan fingerprint density at radius 2 is 1.72 bits per heavy atom. The summed E-state index contributed by atoms with van der Waals surface area (Å²) in [6, 6.07) is 3.16. The maximum Gasteiger partial charge on any atom is 0.514 e. The van der Waals surface area contributed by atoms with Gasteiger partial charge in [-0.25, -0.2) is 4.98 Å². The van der Waals surface area contributed by atoms with E-state index in [-0.39, 0.29) is 5.75 Å². The van der Waals surface area contributed by atoms with Crippen LogP contribution in [0.15, 0.2) is 12.1 Å². The van der Waals surface area contributed by atoms with Crippen LogP contribution in [0.4, 0.5) is 4.39 Å². The average molecular weight is 253 g/mol. The zero-order valence-corrected chi connectivity index (χ0v) is 11.3. The molecular formula is C12H17BFNO3. The number of hydrogen-bond donors (Lipinski definition) is 0. The Morgan fingerprint density at radius 1 is 1.17 bits per heavy atom. The Hall–Kier alpha value is -1.14. The van der Waals surface area contributed by atoms with E-state index in [4.69, 9.17) is 14.0 Å². The van der Waals surface area contributed by atoms with E-state index >= 15 is 0 Å². The van der Waals surface area contributed by atoms with Gasteiger partial charge in [-0.2, -0.15) is 4.39 Å². The van der Waals surface area contributed by atoms with E-state index in [1.165, 1.54) is 13.2 Å². The molecule has 1 aliphatic rings. The minimum absolute atomic E-state index is 0.107. The summed E-state index contributed by atoms with van der Waals surface area (Å²) in [4.78, 5) is 3.82. The van der Waals surface area contributed by atoms with Crippen molar-refractivity contribution in [3.63, 3.8) is 0 Å². The quantitative estimate of drug-likeness (QED) is 0.592. The summed E-state index contributed by atoms with van der Waals surface area (Å²) >= 11 is 0. The SMILES string of the molecule is COc1ccc(B2OC(C)(C)C(C)(C)O2)nc1F. The molecule has 1 aromatic heterocycles. The number of halogens is 1. The number of methoxy groups -OCH3 is 1. The van der Waals surface area contributed by atoms with Gasteiger partial charge in [0.2, 0.25) is 0 Å². The molecule has 0 radical (unpaired) electrons. The van der Waals surface area contributed by atoms with E-state index in [1.54, 1.807) is 6.07 Å². The molecule has 0 N–H and O–H groups in total. The van der Waals surface area contributed by atoms with Crippen molar-refractivity contribution in [1.82, 2.24) is 4.98 Å². The molecule has 0 atom stereocenters. The van der Waals surface area contributed by atoms with E-state index in [1.807, 2.05) is 27.7 Å². The molecule has 2 heterocycles. The van der Waals surface area contributed by atoms with E-state index in [0.717, 1.165) is 0 Å². The average Bonchev–Trinajstić information content (AvgIpc) is 2.48. The van der Waals surface area contributed by atoms with Crippen molar-refractivity contribution in [3.8, 4) is 5.75 Å². The molecule has 0 amide bonds. The molecule has 0 spiro atoms. The van der Waals surface area contributed by atoms with E-state index in [2.05, 4.69) is 4.98 Å². The highest BCUT2D eigenvalue weighted by molar-refractivity contribution is 6.61. The largest absolute Gasteiger partial charge is 0.514 e. The lowest BCUT2D eigenvalue weighted by Gasteiger charge is -2.32. The van der Waals surface area contributed by atoms with Crippen molar-refractivity contribution in [1.29, 1.82) is 0 Å². The van der Waals surface area contributed by atoms with Gasteiger partial charge in [-0.05, 0) is 39.8 Å². The van der Waals surface area contributed by atoms with Gasteiger partial charge in [0, 0.05) is 0 Å². The van der Waals surface area contributed by atoms with Crippen LogP contribution in [0.25, 0.3) is 0 Å². The van der Waals surface area contributed by atoms with Crippen molar-refractivity contribution < 1.29 is 18.4 Å². The molecular weight excluding hydrogens is 236 g/mol. The first-order chi connectivity index (χ1) is 8.27. The van der Waals surface area contributed by atoms with Gasteiger partial charge in [-0.15, -0.1) is 0 Å². The fourth-order valence-electron chi connectivity index (χ4n) is 1.68. The minimum atomic E-state index is -0.662. The van der Waals surface area contributed by atoms with Crippen LogP contribution in [-0.2, 0) is 9.31 Å². The van der Waals surface area contributed by atoms with Crippen molar-refractivity contribution in [2.45, 2.75) is 38.9 Å². The molecule has 18 heavy (non-hydrogen) atoms. The second kappa shape index (κ2) is 4.21. The van der Waals surface area contributed by atoms with Gasteiger partial charge in [0.05, 0.1) is 23.9 Å². The molecule has 1 fully saturated rings. The van der Waals surface area contributed by atoms with E-state index < -0.39 is 24.3 Å². The predicted molar refractivity (Wildman–Crippen MR) is 66.5 cm³/mol. The highest BCUT2D eigenvalue weighted by Crippen LogP contribution is 2.36. The van der Waals surface area contributed by atoms with Crippen molar-refractivity contribution >= 4 is 12.7 Å². The van der Waals surface area contributed by atoms with Gasteiger partial charge < -0.3 is 14.0 Å². The highest BCUT2D eigenvalue weighted by atomic mass is 19.1. The number of ether oxygens (including phenoxy) is 1. The number of aromatic nitrogens is 1. The number of pyridine rings is 1. The van der Waals surface area contributed by atoms with E-state index in [9.17, 15) is 4.39 Å². The first kappa shape index (κ1) is 13.3. The third-order valence-electron chi connectivity index (χ3n) is 3.55. The molecule has 98 valence electrons. The van der Waals surface area contributed by atoms with Crippen molar-refractivity contribution in [3.05, 3.63) is 18.1 Å². The number of rotatable bonds is 2. The lowest BCUT2D eigenvalue weighted by atomic mass is 9.84. The molecule has 1 saturated heterocycles. The first-order valence-electron chi connectivity index (χ1n) is 5.83. The molecule has 0 unspecified atom stereocenters. The number of hydrogen-bond acceptors (Lipinski definition) is 4. The summed E-state index contributed by atoms with van der Waals surface area (Å²) in [6.07, 6.45) is 0. The van der Waals surface area contributed by atoms with Crippen LogP contribution >= 0.6 is 0 Å². The molecule has 0 aliphatic carbocycles. The highest BCUT2D eigenvalue weighted by Gasteiger charge is 2.52. The molecule has 1 aromatic rings. The lowest BCUT2D eigenvalue weighted by molar-refractivity contribution is 0.00578. The fourth-order valence-corrected chi connectivity index (χ4v) is 1.68. The second-order valence-electron chi connectivity index (χ2n) is 5.32. The second-order valence-corrected chi connectivity index (χ2v) is 5.32. The van der Waals surface area contributed by atoms with Gasteiger partial charge in [0.25, 0.3) is 5.95 Å². The summed E-state index contributed by atoms with van der Waals surface area (Å²) < 4.78 is 29.9. The predicted octanol–water partition coefficient (Wildman–Crippen LogP) is 1.53. The Kier molecular flexibility index (Phi) is 3.11. The van der Waals surface area contributed by atoms with Gasteiger partial charge in [-0.3, -0.25) is 0 Å². The Balaban J connectivity index is 2.27. The van der Waals surface area contributed by atoms with Crippen LogP contribution in [0.2, 0.25) is 0 Å². The van der Waals surface area contributed by atoms with Crippen LogP contribution in [0.5, 0.6) is 5.75 Å². The van der Waals surface area contributed by atoms with Crippen LogP contribution in [0.3, 0.4) is 0 Å². The van der Waals surface area contributed by atoms with Crippen LogP contribution in [0.1, 0.15) is 27.7 Å². The Labute approximate surface area is 107 Å². The summed E-state index contributed by atoms with van der Waals surface area (Å²) in [5.41, 5.74) is -0.516. The first-order valence-corrected chi connectivity index (χ1v) is 5.83. The zero-order chi connectivity index (χ0) is 13.6. The molecule has 6 heteroatoms. The zero-order valence-electron chi connectivity index (χ0n) is 11.3. The van der Waals surface area contributed by atoms with Crippen molar-refractivity contribution in [2.75, 3.05) is 7.11 Å². The maximum atomic E-state index is 13.5. The standard InChI is InChI=1S/C12H17BFNO3/c1-11(2)12(3,4)18-13(17-11)9-7-6-8(16-5)10(14)15-9/h6-7H,1-5H3. The lowest BCUT2D eigenvalue weighted by Crippen LogP contribution is -2.41. The minimum Gasteiger partial charge on any atom is -0.492 e. The normalized spacial score (nSPS) is 21.1. The smallest absolute Gasteiger partial charge is 0.492 e.